The Labute approximate surface area is 107 Å². The molecule has 1 aromatic rings. The van der Waals surface area contributed by atoms with Gasteiger partial charge in [0.1, 0.15) is 0 Å². The summed E-state index contributed by atoms with van der Waals surface area (Å²) in [5.41, 5.74) is 0.918. The van der Waals surface area contributed by atoms with E-state index in [4.69, 9.17) is 0 Å². The lowest BCUT2D eigenvalue weighted by Crippen LogP contribution is -2.32. The molecule has 1 atom stereocenters. The van der Waals surface area contributed by atoms with Crippen LogP contribution in [0.4, 0.5) is 0 Å². The average molecular weight is 246 g/mol. The van der Waals surface area contributed by atoms with Crippen molar-refractivity contribution in [2.45, 2.75) is 19.4 Å². The smallest absolute Gasteiger partial charge is 0.222 e. The van der Waals surface area contributed by atoms with E-state index in [1.165, 1.54) is 6.92 Å². The van der Waals surface area contributed by atoms with Crippen LogP contribution in [0, 0.1) is 0 Å². The van der Waals surface area contributed by atoms with E-state index in [1.54, 1.807) is 6.08 Å². The van der Waals surface area contributed by atoms with E-state index in [2.05, 4.69) is 17.2 Å². The van der Waals surface area contributed by atoms with Crippen LogP contribution in [0.15, 0.2) is 43.0 Å². The molecular formula is C14H18N2O2. The molecule has 0 fully saturated rings. The SMILES string of the molecule is C=CCNC(=O)CC(NC(C)=O)c1ccccc1. The number of nitrogens with one attached hydrogen (secondary N) is 2. The lowest BCUT2D eigenvalue weighted by molar-refractivity contribution is -0.122. The van der Waals surface area contributed by atoms with Crippen LogP contribution >= 0.6 is 0 Å². The largest absolute Gasteiger partial charge is 0.353 e. The zero-order chi connectivity index (χ0) is 13.4. The number of rotatable bonds is 6. The van der Waals surface area contributed by atoms with Gasteiger partial charge < -0.3 is 10.6 Å². The first-order chi connectivity index (χ1) is 8.63. The number of hydrogen-bond donors (Lipinski definition) is 2. The molecule has 0 bridgehead atoms. The maximum Gasteiger partial charge on any atom is 0.222 e. The van der Waals surface area contributed by atoms with Gasteiger partial charge in [-0.1, -0.05) is 36.4 Å². The molecule has 0 aliphatic rings. The van der Waals surface area contributed by atoms with Crippen LogP contribution in [-0.2, 0) is 9.59 Å². The molecule has 96 valence electrons. The molecule has 1 aromatic carbocycles. The summed E-state index contributed by atoms with van der Waals surface area (Å²) in [6.07, 6.45) is 1.84. The molecule has 2 N–H and O–H groups in total. The van der Waals surface area contributed by atoms with E-state index in [0.717, 1.165) is 5.56 Å². The van der Waals surface area contributed by atoms with Crippen LogP contribution < -0.4 is 10.6 Å². The third-order valence-electron chi connectivity index (χ3n) is 2.41. The summed E-state index contributed by atoms with van der Waals surface area (Å²) in [6.45, 7) is 5.41. The fourth-order valence-corrected chi connectivity index (χ4v) is 1.63. The fraction of sp³-hybridized carbons (Fsp3) is 0.286. The van der Waals surface area contributed by atoms with Crippen molar-refractivity contribution in [1.29, 1.82) is 0 Å². The quantitative estimate of drug-likeness (QED) is 0.748. The Bertz CT molecular complexity index is 415. The molecule has 1 unspecified atom stereocenters. The highest BCUT2D eigenvalue weighted by Crippen LogP contribution is 2.16. The van der Waals surface area contributed by atoms with Gasteiger partial charge in [0.2, 0.25) is 11.8 Å². The second-order valence-electron chi connectivity index (χ2n) is 3.96. The molecule has 0 radical (unpaired) electrons. The minimum absolute atomic E-state index is 0.113. The minimum atomic E-state index is -0.298. The first kappa shape index (κ1) is 14.0. The maximum atomic E-state index is 11.7. The van der Waals surface area contributed by atoms with Crippen LogP contribution in [-0.4, -0.2) is 18.4 Å². The fourth-order valence-electron chi connectivity index (χ4n) is 1.63. The molecule has 4 heteroatoms. The van der Waals surface area contributed by atoms with Crippen LogP contribution in [0.25, 0.3) is 0 Å². The number of carbonyl (C=O) groups is 2. The Balaban J connectivity index is 2.70. The number of benzene rings is 1. The molecule has 0 aromatic heterocycles. The van der Waals surface area contributed by atoms with Crippen LogP contribution in [0.3, 0.4) is 0 Å². The van der Waals surface area contributed by atoms with Gasteiger partial charge in [0.05, 0.1) is 12.5 Å². The second kappa shape index (κ2) is 7.27. The third-order valence-corrected chi connectivity index (χ3v) is 2.41. The predicted molar refractivity (Wildman–Crippen MR) is 70.8 cm³/mol. The maximum absolute atomic E-state index is 11.7. The lowest BCUT2D eigenvalue weighted by atomic mass is 10.0. The number of carbonyl (C=O) groups excluding carboxylic acids is 2. The van der Waals surface area contributed by atoms with Crippen LogP contribution in [0.1, 0.15) is 24.9 Å². The van der Waals surface area contributed by atoms with Gasteiger partial charge in [-0.05, 0) is 5.56 Å². The van der Waals surface area contributed by atoms with Gasteiger partial charge in [0, 0.05) is 13.5 Å². The van der Waals surface area contributed by atoms with E-state index in [1.807, 2.05) is 30.3 Å². The van der Waals surface area contributed by atoms with Crippen molar-refractivity contribution in [3.63, 3.8) is 0 Å². The van der Waals surface area contributed by atoms with Crippen molar-refractivity contribution < 1.29 is 9.59 Å². The van der Waals surface area contributed by atoms with Gasteiger partial charge >= 0.3 is 0 Å². The summed E-state index contributed by atoms with van der Waals surface area (Å²) >= 11 is 0. The summed E-state index contributed by atoms with van der Waals surface area (Å²) in [4.78, 5) is 22.8. The third kappa shape index (κ3) is 4.82. The molecule has 18 heavy (non-hydrogen) atoms. The molecule has 2 amide bonds. The molecule has 0 aliphatic carbocycles. The molecule has 1 rings (SSSR count). The van der Waals surface area contributed by atoms with Gasteiger partial charge in [0.25, 0.3) is 0 Å². The molecule has 0 spiro atoms. The molecule has 0 saturated carbocycles. The van der Waals surface area contributed by atoms with Crippen molar-refractivity contribution in [2.24, 2.45) is 0 Å². The number of hydrogen-bond acceptors (Lipinski definition) is 2. The molecule has 0 aliphatic heterocycles. The summed E-state index contributed by atoms with van der Waals surface area (Å²) in [7, 11) is 0. The highest BCUT2D eigenvalue weighted by atomic mass is 16.2. The Hall–Kier alpha value is -2.10. The van der Waals surface area contributed by atoms with Gasteiger partial charge in [-0.2, -0.15) is 0 Å². The van der Waals surface area contributed by atoms with Crippen LogP contribution in [0.2, 0.25) is 0 Å². The van der Waals surface area contributed by atoms with E-state index in [-0.39, 0.29) is 24.3 Å². The highest BCUT2D eigenvalue weighted by molar-refractivity contribution is 5.79. The van der Waals surface area contributed by atoms with Crippen molar-refractivity contribution in [1.82, 2.24) is 10.6 Å². The van der Waals surface area contributed by atoms with Gasteiger partial charge in [-0.3, -0.25) is 9.59 Å². The zero-order valence-corrected chi connectivity index (χ0v) is 10.5. The Morgan fingerprint density at radius 2 is 2.00 bits per heavy atom. The first-order valence-electron chi connectivity index (χ1n) is 5.83. The normalized spacial score (nSPS) is 11.4. The second-order valence-corrected chi connectivity index (χ2v) is 3.96. The summed E-state index contributed by atoms with van der Waals surface area (Å²) in [5, 5.41) is 5.48. The molecule has 0 saturated heterocycles. The zero-order valence-electron chi connectivity index (χ0n) is 10.5. The van der Waals surface area contributed by atoms with E-state index in [0.29, 0.717) is 6.54 Å². The number of amides is 2. The summed E-state index contributed by atoms with van der Waals surface area (Å²) in [5.74, 6) is -0.266. The monoisotopic (exact) mass is 246 g/mol. The van der Waals surface area contributed by atoms with Gasteiger partial charge in [0.15, 0.2) is 0 Å². The average Bonchev–Trinajstić information content (AvgIpc) is 2.36. The van der Waals surface area contributed by atoms with E-state index in [9.17, 15) is 9.59 Å². The first-order valence-corrected chi connectivity index (χ1v) is 5.83. The summed E-state index contributed by atoms with van der Waals surface area (Å²) < 4.78 is 0. The van der Waals surface area contributed by atoms with Crippen molar-refractivity contribution in [3.8, 4) is 0 Å². The Morgan fingerprint density at radius 1 is 1.33 bits per heavy atom. The highest BCUT2D eigenvalue weighted by Gasteiger charge is 2.16. The summed E-state index contributed by atoms with van der Waals surface area (Å²) in [6, 6.07) is 9.14. The van der Waals surface area contributed by atoms with E-state index >= 15 is 0 Å². The van der Waals surface area contributed by atoms with Crippen molar-refractivity contribution in [2.75, 3.05) is 6.54 Å². The molecule has 4 nitrogen and oxygen atoms in total. The predicted octanol–water partition coefficient (Wildman–Crippen LogP) is 1.56. The minimum Gasteiger partial charge on any atom is -0.353 e. The Morgan fingerprint density at radius 3 is 2.56 bits per heavy atom. The van der Waals surface area contributed by atoms with Gasteiger partial charge in [-0.15, -0.1) is 6.58 Å². The standard InChI is InChI=1S/C14H18N2O2/c1-3-9-15-14(18)10-13(16-11(2)17)12-7-5-4-6-8-12/h3-8,13H,1,9-10H2,2H3,(H,15,18)(H,16,17). The molecular weight excluding hydrogens is 228 g/mol. The topological polar surface area (TPSA) is 58.2 Å². The van der Waals surface area contributed by atoms with Crippen molar-refractivity contribution >= 4 is 11.8 Å². The Kier molecular flexibility index (Phi) is 5.64. The van der Waals surface area contributed by atoms with E-state index < -0.39 is 0 Å². The van der Waals surface area contributed by atoms with Crippen molar-refractivity contribution in [3.05, 3.63) is 48.6 Å². The molecule has 0 heterocycles. The lowest BCUT2D eigenvalue weighted by Gasteiger charge is -2.17. The van der Waals surface area contributed by atoms with Gasteiger partial charge in [-0.25, -0.2) is 0 Å². The van der Waals surface area contributed by atoms with Crippen LogP contribution in [0.5, 0.6) is 0 Å².